The summed E-state index contributed by atoms with van der Waals surface area (Å²) < 4.78 is 6.51. The van der Waals surface area contributed by atoms with Gasteiger partial charge in [-0.15, -0.1) is 0 Å². The van der Waals surface area contributed by atoms with Gasteiger partial charge in [0.15, 0.2) is 0 Å². The van der Waals surface area contributed by atoms with Crippen molar-refractivity contribution in [1.29, 1.82) is 0 Å². The molecule has 1 aliphatic rings. The zero-order valence-corrected chi connectivity index (χ0v) is 35.1. The summed E-state index contributed by atoms with van der Waals surface area (Å²) in [6, 6.07) is 91.9. The van der Waals surface area contributed by atoms with Crippen LogP contribution in [0.1, 0.15) is 22.3 Å². The first-order chi connectivity index (χ1) is 31.8. The van der Waals surface area contributed by atoms with E-state index in [1.165, 1.54) is 33.4 Å². The van der Waals surface area contributed by atoms with Crippen LogP contribution in [-0.2, 0) is 5.41 Å². The Bertz CT molecular complexity index is 3420. The van der Waals surface area contributed by atoms with Crippen molar-refractivity contribution in [2.45, 2.75) is 5.41 Å². The van der Waals surface area contributed by atoms with E-state index in [0.29, 0.717) is 0 Å². The fourth-order valence-electron chi connectivity index (χ4n) is 10.2. The average Bonchev–Trinajstić information content (AvgIpc) is 3.89. The van der Waals surface area contributed by atoms with Crippen LogP contribution in [0.3, 0.4) is 0 Å². The first-order valence-corrected chi connectivity index (χ1v) is 21.9. The zero-order chi connectivity index (χ0) is 42.5. The lowest BCUT2D eigenvalue weighted by Gasteiger charge is -2.35. The molecule has 1 heterocycles. The van der Waals surface area contributed by atoms with E-state index in [4.69, 9.17) is 4.42 Å². The van der Waals surface area contributed by atoms with E-state index in [1.807, 2.05) is 12.1 Å². The molecule has 0 bridgehead atoms. The Morgan fingerprint density at radius 1 is 0.297 bits per heavy atom. The first-order valence-electron chi connectivity index (χ1n) is 21.9. The summed E-state index contributed by atoms with van der Waals surface area (Å²) in [5, 5.41) is 2.21. The number of hydrogen-bond acceptors (Lipinski definition) is 3. The van der Waals surface area contributed by atoms with Crippen LogP contribution in [0.4, 0.5) is 34.1 Å². The highest BCUT2D eigenvalue weighted by Crippen LogP contribution is 2.56. The number of anilines is 6. The molecule has 0 spiro atoms. The Hall–Kier alpha value is -8.40. The Kier molecular flexibility index (Phi) is 9.05. The molecule has 0 fully saturated rings. The Morgan fingerprint density at radius 3 is 1.53 bits per heavy atom. The standard InChI is InChI=1S/C61H42N2O/c1-4-20-43(21-5-1)51-30-12-16-36-58(51)63(50-38-39-55-54-33-13-17-37-59(54)64-60(55)42-50)49-29-19-28-48(41-49)62(46-25-8-3-9-26-46)47-27-18-24-45(40-47)61(44-22-6-2-7-23-44)56-34-14-10-31-52(56)53-32-11-15-35-57(53)61/h1-42H. The molecular formula is C61H42N2O. The van der Waals surface area contributed by atoms with Crippen molar-refractivity contribution >= 4 is 56.1 Å². The lowest BCUT2D eigenvalue weighted by Crippen LogP contribution is -2.28. The normalized spacial score (nSPS) is 12.5. The van der Waals surface area contributed by atoms with Crippen molar-refractivity contribution in [3.63, 3.8) is 0 Å². The van der Waals surface area contributed by atoms with Gasteiger partial charge < -0.3 is 14.2 Å². The number of fused-ring (bicyclic) bond motifs is 6. The molecule has 3 heteroatoms. The molecule has 1 aromatic heterocycles. The molecule has 1 aliphatic carbocycles. The molecule has 0 saturated carbocycles. The number of rotatable bonds is 9. The third kappa shape index (κ3) is 6.05. The molecule has 11 aromatic rings. The van der Waals surface area contributed by atoms with Crippen molar-refractivity contribution < 1.29 is 4.42 Å². The minimum Gasteiger partial charge on any atom is -0.456 e. The smallest absolute Gasteiger partial charge is 0.137 e. The summed E-state index contributed by atoms with van der Waals surface area (Å²) in [4.78, 5) is 4.76. The number of nitrogens with zero attached hydrogens (tertiary/aromatic N) is 2. The largest absolute Gasteiger partial charge is 0.456 e. The molecule has 0 saturated heterocycles. The van der Waals surface area contributed by atoms with Crippen molar-refractivity contribution in [1.82, 2.24) is 0 Å². The van der Waals surface area contributed by atoms with Gasteiger partial charge in [0, 0.05) is 50.8 Å². The van der Waals surface area contributed by atoms with Gasteiger partial charge >= 0.3 is 0 Å². The monoisotopic (exact) mass is 818 g/mol. The number of para-hydroxylation sites is 3. The van der Waals surface area contributed by atoms with E-state index in [9.17, 15) is 0 Å². The highest BCUT2D eigenvalue weighted by Gasteiger charge is 2.46. The zero-order valence-electron chi connectivity index (χ0n) is 35.1. The number of benzene rings is 10. The molecule has 0 atom stereocenters. The summed E-state index contributed by atoms with van der Waals surface area (Å²) in [6.07, 6.45) is 0. The molecule has 3 nitrogen and oxygen atoms in total. The Labute approximate surface area is 373 Å². The molecular weight excluding hydrogens is 777 g/mol. The third-order valence-electron chi connectivity index (χ3n) is 12.9. The fourth-order valence-corrected chi connectivity index (χ4v) is 10.2. The molecule has 302 valence electrons. The van der Waals surface area contributed by atoms with Crippen LogP contribution in [-0.4, -0.2) is 0 Å². The van der Waals surface area contributed by atoms with E-state index < -0.39 is 5.41 Å². The van der Waals surface area contributed by atoms with Crippen LogP contribution >= 0.6 is 0 Å². The maximum atomic E-state index is 6.51. The maximum absolute atomic E-state index is 6.51. The summed E-state index contributed by atoms with van der Waals surface area (Å²) >= 11 is 0. The molecule has 0 radical (unpaired) electrons. The molecule has 0 unspecified atom stereocenters. The van der Waals surface area contributed by atoms with E-state index in [0.717, 1.165) is 67.2 Å². The van der Waals surface area contributed by atoms with Crippen molar-refractivity contribution in [3.8, 4) is 22.3 Å². The van der Waals surface area contributed by atoms with E-state index in [1.54, 1.807) is 0 Å². The average molecular weight is 819 g/mol. The summed E-state index contributed by atoms with van der Waals surface area (Å²) in [6.45, 7) is 0. The second-order valence-electron chi connectivity index (χ2n) is 16.4. The predicted octanol–water partition coefficient (Wildman–Crippen LogP) is 16.6. The Morgan fingerprint density at radius 2 is 0.797 bits per heavy atom. The van der Waals surface area contributed by atoms with Gasteiger partial charge in [-0.05, 0) is 106 Å². The molecule has 12 rings (SSSR count). The second-order valence-corrected chi connectivity index (χ2v) is 16.4. The van der Waals surface area contributed by atoms with E-state index in [-0.39, 0.29) is 0 Å². The van der Waals surface area contributed by atoms with E-state index >= 15 is 0 Å². The lowest BCUT2D eigenvalue weighted by atomic mass is 9.67. The summed E-state index contributed by atoms with van der Waals surface area (Å²) in [5.74, 6) is 0. The third-order valence-corrected chi connectivity index (χ3v) is 12.9. The van der Waals surface area contributed by atoms with Gasteiger partial charge in [-0.25, -0.2) is 0 Å². The van der Waals surface area contributed by atoms with Gasteiger partial charge in [0.1, 0.15) is 11.2 Å². The van der Waals surface area contributed by atoms with Crippen LogP contribution in [0.5, 0.6) is 0 Å². The predicted molar refractivity (Wildman–Crippen MR) is 266 cm³/mol. The maximum Gasteiger partial charge on any atom is 0.137 e. The van der Waals surface area contributed by atoms with Gasteiger partial charge in [0.05, 0.1) is 11.1 Å². The number of furan rings is 1. The molecule has 0 N–H and O–H groups in total. The summed E-state index contributed by atoms with van der Waals surface area (Å²) in [5.41, 5.74) is 17.3. The van der Waals surface area contributed by atoms with Crippen LogP contribution in [0.25, 0.3) is 44.2 Å². The molecule has 0 aliphatic heterocycles. The van der Waals surface area contributed by atoms with Crippen molar-refractivity contribution in [2.24, 2.45) is 0 Å². The second kappa shape index (κ2) is 15.5. The van der Waals surface area contributed by atoms with Gasteiger partial charge in [-0.3, -0.25) is 0 Å². The van der Waals surface area contributed by atoms with Crippen molar-refractivity contribution in [3.05, 3.63) is 277 Å². The molecule has 0 amide bonds. The lowest BCUT2D eigenvalue weighted by molar-refractivity contribution is 0.669. The van der Waals surface area contributed by atoms with Gasteiger partial charge in [-0.1, -0.05) is 182 Å². The van der Waals surface area contributed by atoms with Gasteiger partial charge in [-0.2, -0.15) is 0 Å². The topological polar surface area (TPSA) is 19.6 Å². The minimum absolute atomic E-state index is 0.526. The quantitative estimate of drug-likeness (QED) is 0.145. The van der Waals surface area contributed by atoms with Crippen LogP contribution in [0.2, 0.25) is 0 Å². The highest BCUT2D eigenvalue weighted by atomic mass is 16.3. The summed E-state index contributed by atoms with van der Waals surface area (Å²) in [7, 11) is 0. The van der Waals surface area contributed by atoms with Crippen LogP contribution in [0, 0.1) is 0 Å². The van der Waals surface area contributed by atoms with E-state index in [2.05, 4.69) is 252 Å². The van der Waals surface area contributed by atoms with Gasteiger partial charge in [0.2, 0.25) is 0 Å². The van der Waals surface area contributed by atoms with Gasteiger partial charge in [0.25, 0.3) is 0 Å². The fraction of sp³-hybridized carbons (Fsp3) is 0.0164. The van der Waals surface area contributed by atoms with Crippen LogP contribution in [0.15, 0.2) is 259 Å². The number of hydrogen-bond donors (Lipinski definition) is 0. The SMILES string of the molecule is c1ccc(-c2ccccc2N(c2cccc(N(c3ccccc3)c3cccc(C4(c5ccccc5)c5ccccc5-c5ccccc54)c3)c2)c2ccc3c(c2)oc2ccccc23)cc1. The first kappa shape index (κ1) is 37.4. The highest BCUT2D eigenvalue weighted by molar-refractivity contribution is 6.06. The Balaban J connectivity index is 1.06. The van der Waals surface area contributed by atoms with Crippen molar-refractivity contribution in [2.75, 3.05) is 9.80 Å². The molecule has 10 aromatic carbocycles. The minimum atomic E-state index is -0.526. The molecule has 64 heavy (non-hydrogen) atoms. The van der Waals surface area contributed by atoms with Crippen LogP contribution < -0.4 is 9.80 Å².